The summed E-state index contributed by atoms with van der Waals surface area (Å²) in [6, 6.07) is 17.3. The minimum atomic E-state index is -0.117. The number of anilines is 1. The van der Waals surface area contributed by atoms with Gasteiger partial charge in [0.25, 0.3) is 5.91 Å². The Labute approximate surface area is 143 Å². The largest absolute Gasteiger partial charge is 0.497 e. The number of hydrogen-bond acceptors (Lipinski definition) is 4. The highest BCUT2D eigenvalue weighted by molar-refractivity contribution is 5.77. The Kier molecular flexibility index (Phi) is 6.95. The summed E-state index contributed by atoms with van der Waals surface area (Å²) >= 11 is 0. The lowest BCUT2D eigenvalue weighted by atomic mass is 10.3. The third-order valence-electron chi connectivity index (χ3n) is 3.62. The van der Waals surface area contributed by atoms with Crippen LogP contribution in [0.5, 0.6) is 11.5 Å². The van der Waals surface area contributed by atoms with Crippen LogP contribution in [0.15, 0.2) is 54.6 Å². The zero-order chi connectivity index (χ0) is 17.2. The fourth-order valence-electron chi connectivity index (χ4n) is 2.23. The summed E-state index contributed by atoms with van der Waals surface area (Å²) in [6.07, 6.45) is 0.875. The Hall–Kier alpha value is -2.69. The van der Waals surface area contributed by atoms with Crippen LogP contribution in [0.3, 0.4) is 0 Å². The van der Waals surface area contributed by atoms with Crippen molar-refractivity contribution in [2.45, 2.75) is 6.42 Å². The lowest BCUT2D eigenvalue weighted by molar-refractivity contribution is -0.123. The number of para-hydroxylation sites is 1. The van der Waals surface area contributed by atoms with Crippen LogP contribution in [0, 0.1) is 0 Å². The van der Waals surface area contributed by atoms with Crippen molar-refractivity contribution in [1.82, 2.24) is 5.32 Å². The molecule has 0 spiro atoms. The van der Waals surface area contributed by atoms with Gasteiger partial charge in [-0.15, -0.1) is 0 Å². The lowest BCUT2D eigenvalue weighted by Crippen LogP contribution is -2.31. The zero-order valence-corrected chi connectivity index (χ0v) is 14.2. The molecule has 0 bridgehead atoms. The topological polar surface area (TPSA) is 50.8 Å². The number of ether oxygens (including phenoxy) is 2. The average Bonchev–Trinajstić information content (AvgIpc) is 2.64. The summed E-state index contributed by atoms with van der Waals surface area (Å²) in [6.45, 7) is 1.52. The molecule has 1 amide bonds. The van der Waals surface area contributed by atoms with Crippen LogP contribution in [0.4, 0.5) is 5.69 Å². The smallest absolute Gasteiger partial charge is 0.257 e. The van der Waals surface area contributed by atoms with Gasteiger partial charge in [0.1, 0.15) is 11.5 Å². The standard InChI is InChI=1S/C19H24N2O3/c1-21(16-7-4-3-5-8-16)14-6-13-20-19(22)15-24-18-11-9-17(23-2)10-12-18/h3-5,7-12H,6,13-15H2,1-2H3,(H,20,22). The number of benzene rings is 2. The first-order chi connectivity index (χ1) is 11.7. The number of carbonyl (C=O) groups is 1. The van der Waals surface area contributed by atoms with E-state index < -0.39 is 0 Å². The van der Waals surface area contributed by atoms with E-state index in [4.69, 9.17) is 9.47 Å². The van der Waals surface area contributed by atoms with E-state index in [0.717, 1.165) is 18.7 Å². The third-order valence-corrected chi connectivity index (χ3v) is 3.62. The molecule has 5 nitrogen and oxygen atoms in total. The number of hydrogen-bond donors (Lipinski definition) is 1. The number of nitrogens with zero attached hydrogens (tertiary/aromatic N) is 1. The highest BCUT2D eigenvalue weighted by Gasteiger charge is 2.04. The lowest BCUT2D eigenvalue weighted by Gasteiger charge is -2.19. The van der Waals surface area contributed by atoms with Crippen LogP contribution >= 0.6 is 0 Å². The van der Waals surface area contributed by atoms with Crippen molar-refractivity contribution >= 4 is 11.6 Å². The fourth-order valence-corrected chi connectivity index (χ4v) is 2.23. The number of amides is 1. The van der Waals surface area contributed by atoms with Crippen molar-refractivity contribution in [3.8, 4) is 11.5 Å². The van der Waals surface area contributed by atoms with Crippen LogP contribution in [-0.4, -0.2) is 39.8 Å². The molecule has 0 aliphatic heterocycles. The van der Waals surface area contributed by atoms with Crippen LogP contribution < -0.4 is 19.7 Å². The van der Waals surface area contributed by atoms with Crippen LogP contribution in [-0.2, 0) is 4.79 Å². The van der Waals surface area contributed by atoms with Gasteiger partial charge in [-0.2, -0.15) is 0 Å². The van der Waals surface area contributed by atoms with E-state index in [9.17, 15) is 4.79 Å². The van der Waals surface area contributed by atoms with Gasteiger partial charge in [-0.3, -0.25) is 4.79 Å². The number of rotatable bonds is 9. The molecule has 5 heteroatoms. The maximum absolute atomic E-state index is 11.8. The van der Waals surface area contributed by atoms with Crippen LogP contribution in [0.2, 0.25) is 0 Å². The molecule has 2 rings (SSSR count). The highest BCUT2D eigenvalue weighted by Crippen LogP contribution is 2.16. The molecule has 2 aromatic rings. The normalized spacial score (nSPS) is 10.1. The van der Waals surface area contributed by atoms with E-state index in [1.54, 1.807) is 31.4 Å². The maximum Gasteiger partial charge on any atom is 0.257 e. The van der Waals surface area contributed by atoms with E-state index in [2.05, 4.69) is 22.3 Å². The molecule has 128 valence electrons. The summed E-state index contributed by atoms with van der Waals surface area (Å²) in [5.41, 5.74) is 1.17. The second-order valence-electron chi connectivity index (χ2n) is 5.42. The van der Waals surface area contributed by atoms with Gasteiger partial charge in [-0.05, 0) is 42.8 Å². The van der Waals surface area contributed by atoms with E-state index >= 15 is 0 Å². The van der Waals surface area contributed by atoms with Crippen molar-refractivity contribution in [2.75, 3.05) is 38.8 Å². The van der Waals surface area contributed by atoms with E-state index in [0.29, 0.717) is 12.3 Å². The summed E-state index contributed by atoms with van der Waals surface area (Å²) in [4.78, 5) is 13.9. The molecule has 2 aromatic carbocycles. The van der Waals surface area contributed by atoms with E-state index in [1.165, 1.54) is 5.69 Å². The Morgan fingerprint density at radius 2 is 1.71 bits per heavy atom. The first-order valence-electron chi connectivity index (χ1n) is 7.99. The molecule has 24 heavy (non-hydrogen) atoms. The number of nitrogens with one attached hydrogen (secondary N) is 1. The first-order valence-corrected chi connectivity index (χ1v) is 7.99. The molecule has 0 radical (unpaired) electrons. The molecule has 0 aliphatic rings. The Morgan fingerprint density at radius 3 is 2.38 bits per heavy atom. The fraction of sp³-hybridized carbons (Fsp3) is 0.316. The molecule has 0 aliphatic carbocycles. The molecular weight excluding hydrogens is 304 g/mol. The number of carbonyl (C=O) groups excluding carboxylic acids is 1. The second-order valence-corrected chi connectivity index (χ2v) is 5.42. The molecule has 0 unspecified atom stereocenters. The maximum atomic E-state index is 11.8. The quantitative estimate of drug-likeness (QED) is 0.719. The zero-order valence-electron chi connectivity index (χ0n) is 14.2. The molecular formula is C19H24N2O3. The summed E-state index contributed by atoms with van der Waals surface area (Å²) in [7, 11) is 3.66. The molecule has 0 saturated carbocycles. The van der Waals surface area contributed by atoms with Gasteiger partial charge in [-0.25, -0.2) is 0 Å². The minimum Gasteiger partial charge on any atom is -0.497 e. The van der Waals surface area contributed by atoms with Crippen molar-refractivity contribution in [3.63, 3.8) is 0 Å². The second kappa shape index (κ2) is 9.45. The molecule has 0 saturated heterocycles. The number of methoxy groups -OCH3 is 1. The monoisotopic (exact) mass is 328 g/mol. The molecule has 1 N–H and O–H groups in total. The van der Waals surface area contributed by atoms with Gasteiger partial charge in [0.15, 0.2) is 6.61 Å². The van der Waals surface area contributed by atoms with Crippen LogP contribution in [0.1, 0.15) is 6.42 Å². The summed E-state index contributed by atoms with van der Waals surface area (Å²) in [5.74, 6) is 1.29. The first kappa shape index (κ1) is 17.7. The van der Waals surface area contributed by atoms with Crippen molar-refractivity contribution in [3.05, 3.63) is 54.6 Å². The van der Waals surface area contributed by atoms with Crippen molar-refractivity contribution < 1.29 is 14.3 Å². The van der Waals surface area contributed by atoms with Gasteiger partial charge in [0, 0.05) is 25.8 Å². The Balaban J connectivity index is 1.61. The third kappa shape index (κ3) is 5.83. The predicted molar refractivity (Wildman–Crippen MR) is 95.8 cm³/mol. The van der Waals surface area contributed by atoms with Gasteiger partial charge >= 0.3 is 0 Å². The average molecular weight is 328 g/mol. The van der Waals surface area contributed by atoms with E-state index in [1.807, 2.05) is 25.2 Å². The van der Waals surface area contributed by atoms with E-state index in [-0.39, 0.29) is 12.5 Å². The molecule has 0 aromatic heterocycles. The van der Waals surface area contributed by atoms with Gasteiger partial charge in [0.05, 0.1) is 7.11 Å². The predicted octanol–water partition coefficient (Wildman–Crippen LogP) is 2.72. The summed E-state index contributed by atoms with van der Waals surface area (Å²) in [5, 5.41) is 2.87. The summed E-state index contributed by atoms with van der Waals surface area (Å²) < 4.78 is 10.5. The minimum absolute atomic E-state index is 0.0147. The Morgan fingerprint density at radius 1 is 1.04 bits per heavy atom. The van der Waals surface area contributed by atoms with Crippen molar-refractivity contribution in [2.24, 2.45) is 0 Å². The van der Waals surface area contributed by atoms with Gasteiger partial charge < -0.3 is 19.7 Å². The molecule has 0 atom stereocenters. The molecule has 0 fully saturated rings. The SMILES string of the molecule is COc1ccc(OCC(=O)NCCCN(C)c2ccccc2)cc1. The highest BCUT2D eigenvalue weighted by atomic mass is 16.5. The van der Waals surface area contributed by atoms with Crippen molar-refractivity contribution in [1.29, 1.82) is 0 Å². The van der Waals surface area contributed by atoms with Crippen LogP contribution in [0.25, 0.3) is 0 Å². The Bertz CT molecular complexity index is 614. The molecule has 0 heterocycles. The van der Waals surface area contributed by atoms with Gasteiger partial charge in [0.2, 0.25) is 0 Å². The van der Waals surface area contributed by atoms with Gasteiger partial charge in [-0.1, -0.05) is 18.2 Å².